The van der Waals surface area contributed by atoms with Crippen LogP contribution in [0.1, 0.15) is 11.3 Å². The number of methoxy groups -OCH3 is 1. The predicted octanol–water partition coefficient (Wildman–Crippen LogP) is 4.93. The fourth-order valence-corrected chi connectivity index (χ4v) is 4.28. The summed E-state index contributed by atoms with van der Waals surface area (Å²) in [6, 6.07) is 15.4. The summed E-state index contributed by atoms with van der Waals surface area (Å²) >= 11 is 7.64. The van der Waals surface area contributed by atoms with Gasteiger partial charge in [0.15, 0.2) is 4.96 Å². The standard InChI is InChI=1S/C22H20ClN3O2S/c1-25(12-16-10-17(23)8-9-20(16)28-2)21(27)11-18-14-29-22-24-19(13-26(18)22)15-6-4-3-5-7-15/h3-10,13-14H,11-12H2,1-2H3. The number of ether oxygens (including phenoxy) is 1. The summed E-state index contributed by atoms with van der Waals surface area (Å²) in [5.41, 5.74) is 3.77. The van der Waals surface area contributed by atoms with E-state index in [4.69, 9.17) is 16.3 Å². The van der Waals surface area contributed by atoms with Crippen LogP contribution in [0.2, 0.25) is 5.02 Å². The summed E-state index contributed by atoms with van der Waals surface area (Å²) < 4.78 is 7.38. The highest BCUT2D eigenvalue weighted by Crippen LogP contribution is 2.26. The molecule has 0 spiro atoms. The Morgan fingerprint density at radius 2 is 2.03 bits per heavy atom. The molecule has 0 aliphatic rings. The molecule has 0 bridgehead atoms. The molecule has 0 aliphatic carbocycles. The van der Waals surface area contributed by atoms with Crippen LogP contribution in [0.3, 0.4) is 0 Å². The van der Waals surface area contributed by atoms with Gasteiger partial charge in [0.1, 0.15) is 5.75 Å². The molecule has 0 radical (unpaired) electrons. The van der Waals surface area contributed by atoms with Gasteiger partial charge in [0, 0.05) is 47.0 Å². The number of thiazole rings is 1. The molecule has 4 aromatic rings. The van der Waals surface area contributed by atoms with Crippen LogP contribution in [0, 0.1) is 0 Å². The monoisotopic (exact) mass is 425 g/mol. The first-order chi connectivity index (χ1) is 14.0. The van der Waals surface area contributed by atoms with Crippen molar-refractivity contribution in [3.8, 4) is 17.0 Å². The second kappa shape index (κ2) is 8.27. The summed E-state index contributed by atoms with van der Waals surface area (Å²) in [4.78, 5) is 20.1. The van der Waals surface area contributed by atoms with Gasteiger partial charge in [-0.1, -0.05) is 41.9 Å². The molecule has 148 valence electrons. The minimum Gasteiger partial charge on any atom is -0.496 e. The maximum absolute atomic E-state index is 12.8. The molecule has 29 heavy (non-hydrogen) atoms. The van der Waals surface area contributed by atoms with Crippen molar-refractivity contribution in [2.45, 2.75) is 13.0 Å². The van der Waals surface area contributed by atoms with E-state index in [9.17, 15) is 4.79 Å². The molecule has 0 fully saturated rings. The predicted molar refractivity (Wildman–Crippen MR) is 117 cm³/mol. The van der Waals surface area contributed by atoms with Crippen molar-refractivity contribution in [1.82, 2.24) is 14.3 Å². The summed E-state index contributed by atoms with van der Waals surface area (Å²) in [5, 5.41) is 2.61. The van der Waals surface area contributed by atoms with E-state index in [1.165, 1.54) is 11.3 Å². The topological polar surface area (TPSA) is 46.8 Å². The number of aromatic nitrogens is 2. The first kappa shape index (κ1) is 19.5. The lowest BCUT2D eigenvalue weighted by Crippen LogP contribution is -2.28. The number of hydrogen-bond acceptors (Lipinski definition) is 4. The number of nitrogens with zero attached hydrogens (tertiary/aromatic N) is 3. The van der Waals surface area contributed by atoms with Gasteiger partial charge < -0.3 is 9.64 Å². The number of carbonyl (C=O) groups excluding carboxylic acids is 1. The molecule has 0 saturated heterocycles. The van der Waals surface area contributed by atoms with Crippen LogP contribution in [0.5, 0.6) is 5.75 Å². The molecule has 4 rings (SSSR count). The first-order valence-corrected chi connectivity index (χ1v) is 10.4. The molecule has 7 heteroatoms. The number of amides is 1. The highest BCUT2D eigenvalue weighted by Gasteiger charge is 2.17. The molecule has 0 atom stereocenters. The first-order valence-electron chi connectivity index (χ1n) is 9.12. The number of hydrogen-bond donors (Lipinski definition) is 0. The highest BCUT2D eigenvalue weighted by molar-refractivity contribution is 7.15. The molecule has 0 saturated carbocycles. The van der Waals surface area contributed by atoms with Crippen molar-refractivity contribution in [3.05, 3.63) is 76.4 Å². The van der Waals surface area contributed by atoms with E-state index in [0.29, 0.717) is 23.7 Å². The van der Waals surface area contributed by atoms with Crippen molar-refractivity contribution in [1.29, 1.82) is 0 Å². The zero-order valence-corrected chi connectivity index (χ0v) is 17.7. The summed E-state index contributed by atoms with van der Waals surface area (Å²) in [6.07, 6.45) is 2.29. The van der Waals surface area contributed by atoms with Gasteiger partial charge in [0.25, 0.3) is 0 Å². The molecule has 1 amide bonds. The van der Waals surface area contributed by atoms with E-state index in [1.54, 1.807) is 25.1 Å². The van der Waals surface area contributed by atoms with Crippen LogP contribution in [-0.4, -0.2) is 34.3 Å². The molecule has 2 aromatic heterocycles. The third-order valence-electron chi connectivity index (χ3n) is 4.76. The van der Waals surface area contributed by atoms with Crippen molar-refractivity contribution in [2.75, 3.05) is 14.2 Å². The Hall–Kier alpha value is -2.83. The molecule has 5 nitrogen and oxygen atoms in total. The summed E-state index contributed by atoms with van der Waals surface area (Å²) in [7, 11) is 3.40. The van der Waals surface area contributed by atoms with Crippen LogP contribution >= 0.6 is 22.9 Å². The average Bonchev–Trinajstić information content (AvgIpc) is 3.31. The largest absolute Gasteiger partial charge is 0.496 e. The lowest BCUT2D eigenvalue weighted by Gasteiger charge is -2.19. The van der Waals surface area contributed by atoms with Gasteiger partial charge in [-0.25, -0.2) is 4.98 Å². The van der Waals surface area contributed by atoms with Gasteiger partial charge in [0.2, 0.25) is 5.91 Å². The number of fused-ring (bicyclic) bond motifs is 1. The number of carbonyl (C=O) groups is 1. The van der Waals surface area contributed by atoms with Crippen LogP contribution in [-0.2, 0) is 17.8 Å². The Morgan fingerprint density at radius 1 is 1.24 bits per heavy atom. The molecular weight excluding hydrogens is 406 g/mol. The van der Waals surface area contributed by atoms with E-state index in [2.05, 4.69) is 4.98 Å². The minimum atomic E-state index is 0.0155. The Balaban J connectivity index is 1.51. The van der Waals surface area contributed by atoms with Crippen LogP contribution in [0.25, 0.3) is 16.2 Å². The van der Waals surface area contributed by atoms with Crippen molar-refractivity contribution < 1.29 is 9.53 Å². The second-order valence-electron chi connectivity index (χ2n) is 6.75. The van der Waals surface area contributed by atoms with Gasteiger partial charge in [-0.2, -0.15) is 0 Å². The Kier molecular flexibility index (Phi) is 5.56. The zero-order chi connectivity index (χ0) is 20.4. The van der Waals surface area contributed by atoms with E-state index >= 15 is 0 Å². The second-order valence-corrected chi connectivity index (χ2v) is 8.03. The molecule has 2 heterocycles. The van der Waals surface area contributed by atoms with Crippen molar-refractivity contribution in [2.24, 2.45) is 0 Å². The number of halogens is 1. The zero-order valence-electron chi connectivity index (χ0n) is 16.1. The third-order valence-corrected chi connectivity index (χ3v) is 5.88. The van der Waals surface area contributed by atoms with Crippen LogP contribution in [0.15, 0.2) is 60.1 Å². The smallest absolute Gasteiger partial charge is 0.228 e. The van der Waals surface area contributed by atoms with Gasteiger partial charge in [-0.05, 0) is 18.2 Å². The highest BCUT2D eigenvalue weighted by atomic mass is 35.5. The molecule has 0 N–H and O–H groups in total. The van der Waals surface area contributed by atoms with Gasteiger partial charge in [-0.15, -0.1) is 11.3 Å². The summed E-state index contributed by atoms with van der Waals surface area (Å²) in [5.74, 6) is 0.732. The summed E-state index contributed by atoms with van der Waals surface area (Å²) in [6.45, 7) is 0.426. The molecule has 0 aliphatic heterocycles. The van der Waals surface area contributed by atoms with E-state index in [1.807, 2.05) is 58.4 Å². The number of rotatable bonds is 6. The SMILES string of the molecule is COc1ccc(Cl)cc1CN(C)C(=O)Cc1csc2nc(-c3ccccc3)cn12. The third kappa shape index (κ3) is 4.13. The van der Waals surface area contributed by atoms with E-state index < -0.39 is 0 Å². The molecule has 2 aromatic carbocycles. The van der Waals surface area contributed by atoms with Crippen LogP contribution < -0.4 is 4.74 Å². The Labute approximate surface area is 178 Å². The number of likely N-dealkylation sites (N-methyl/N-ethyl adjacent to an activating group) is 1. The average molecular weight is 426 g/mol. The maximum Gasteiger partial charge on any atom is 0.228 e. The lowest BCUT2D eigenvalue weighted by molar-refractivity contribution is -0.129. The molecule has 0 unspecified atom stereocenters. The van der Waals surface area contributed by atoms with Crippen molar-refractivity contribution in [3.63, 3.8) is 0 Å². The van der Waals surface area contributed by atoms with E-state index in [0.717, 1.165) is 27.5 Å². The maximum atomic E-state index is 12.8. The number of benzene rings is 2. The minimum absolute atomic E-state index is 0.0155. The van der Waals surface area contributed by atoms with Gasteiger partial charge >= 0.3 is 0 Å². The van der Waals surface area contributed by atoms with Crippen molar-refractivity contribution >= 4 is 33.8 Å². The van der Waals surface area contributed by atoms with E-state index in [-0.39, 0.29) is 5.91 Å². The van der Waals surface area contributed by atoms with Crippen LogP contribution in [0.4, 0.5) is 0 Å². The fraction of sp³-hybridized carbons (Fsp3) is 0.182. The van der Waals surface area contributed by atoms with Gasteiger partial charge in [-0.3, -0.25) is 9.20 Å². The normalized spacial score (nSPS) is 11.0. The Morgan fingerprint density at radius 3 is 2.79 bits per heavy atom. The molecular formula is C22H20ClN3O2S. The Bertz CT molecular complexity index is 1150. The number of imidazole rings is 1. The quantitative estimate of drug-likeness (QED) is 0.440. The lowest BCUT2D eigenvalue weighted by atomic mass is 10.2. The van der Waals surface area contributed by atoms with Gasteiger partial charge in [0.05, 0.1) is 19.2 Å². The fourth-order valence-electron chi connectivity index (χ4n) is 3.21.